The molecule has 1 fully saturated rings. The molecule has 1 aliphatic rings. The highest BCUT2D eigenvalue weighted by molar-refractivity contribution is 14.0. The van der Waals surface area contributed by atoms with Crippen molar-refractivity contribution < 1.29 is 23.8 Å². The van der Waals surface area contributed by atoms with Gasteiger partial charge in [0.2, 0.25) is 0 Å². The zero-order valence-electron chi connectivity index (χ0n) is 18.1. The van der Waals surface area contributed by atoms with Crippen molar-refractivity contribution in [3.05, 3.63) is 0 Å². The number of hydrogen-bond donors (Lipinski definition) is 2. The lowest BCUT2D eigenvalue weighted by Gasteiger charge is -2.35. The zero-order chi connectivity index (χ0) is 20.8. The van der Waals surface area contributed by atoms with Gasteiger partial charge in [0.25, 0.3) is 0 Å². The number of carbonyl (C=O) groups excluding carboxylic acids is 2. The third-order valence-corrected chi connectivity index (χ3v) is 4.07. The van der Waals surface area contributed by atoms with Crippen molar-refractivity contribution in [1.82, 2.24) is 15.5 Å². The molecule has 2 N–H and O–H groups in total. The molecule has 1 rings (SSSR count). The Kier molecular flexibility index (Phi) is 10.5. The van der Waals surface area contributed by atoms with Crippen LogP contribution < -0.4 is 10.6 Å². The summed E-state index contributed by atoms with van der Waals surface area (Å²) in [6.45, 7) is 11.9. The van der Waals surface area contributed by atoms with Gasteiger partial charge in [0.15, 0.2) is 5.96 Å². The summed E-state index contributed by atoms with van der Waals surface area (Å²) in [6.07, 6.45) is -0.373. The van der Waals surface area contributed by atoms with E-state index in [1.807, 2.05) is 41.5 Å². The zero-order valence-corrected chi connectivity index (χ0v) is 20.5. The van der Waals surface area contributed by atoms with Crippen LogP contribution in [0.1, 0.15) is 48.0 Å². The van der Waals surface area contributed by atoms with Crippen molar-refractivity contribution >= 4 is 42.0 Å². The highest BCUT2D eigenvalue weighted by Gasteiger charge is 2.49. The second kappa shape index (κ2) is 11.0. The first kappa shape index (κ1) is 26.7. The third-order valence-electron chi connectivity index (χ3n) is 4.07. The van der Waals surface area contributed by atoms with Crippen molar-refractivity contribution in [3.63, 3.8) is 0 Å². The van der Waals surface area contributed by atoms with Crippen molar-refractivity contribution in [2.75, 3.05) is 27.2 Å². The number of methoxy groups -OCH3 is 1. The Morgan fingerprint density at radius 1 is 1.25 bits per heavy atom. The number of nitrogens with one attached hydrogen (secondary N) is 2. The van der Waals surface area contributed by atoms with Crippen LogP contribution in [-0.4, -0.2) is 73.6 Å². The highest BCUT2D eigenvalue weighted by atomic mass is 127. The van der Waals surface area contributed by atoms with Crippen LogP contribution in [0.3, 0.4) is 0 Å². The summed E-state index contributed by atoms with van der Waals surface area (Å²) in [7, 11) is 2.99. The molecule has 9 nitrogen and oxygen atoms in total. The maximum atomic E-state index is 12.7. The highest BCUT2D eigenvalue weighted by Crippen LogP contribution is 2.33. The van der Waals surface area contributed by atoms with Crippen LogP contribution in [0.25, 0.3) is 0 Å². The minimum Gasteiger partial charge on any atom is -0.469 e. The van der Waals surface area contributed by atoms with E-state index in [1.165, 1.54) is 7.11 Å². The Morgan fingerprint density at radius 3 is 2.36 bits per heavy atom. The van der Waals surface area contributed by atoms with Crippen LogP contribution in [0.5, 0.6) is 0 Å². The third kappa shape index (κ3) is 7.98. The number of rotatable bonds is 5. The molecule has 0 aliphatic carbocycles. The quantitative estimate of drug-likeness (QED) is 0.251. The first-order chi connectivity index (χ1) is 12.4. The SMILES string of the molecule is CN=C(NCCC(=O)OC)NCC1C(C)OC(C)(C)N1C(=O)OC(C)(C)C.I. The smallest absolute Gasteiger partial charge is 0.412 e. The second-order valence-electron chi connectivity index (χ2n) is 7.89. The summed E-state index contributed by atoms with van der Waals surface area (Å²) in [6, 6.07) is -0.242. The van der Waals surface area contributed by atoms with Gasteiger partial charge in [-0.05, 0) is 41.5 Å². The van der Waals surface area contributed by atoms with Crippen molar-refractivity contribution in [2.45, 2.75) is 71.4 Å². The Hall–Kier alpha value is -1.30. The molecule has 0 aromatic carbocycles. The van der Waals surface area contributed by atoms with E-state index in [-0.39, 0.29) is 48.5 Å². The number of halogens is 1. The van der Waals surface area contributed by atoms with Crippen molar-refractivity contribution in [2.24, 2.45) is 4.99 Å². The van der Waals surface area contributed by atoms with E-state index < -0.39 is 17.4 Å². The molecule has 1 saturated heterocycles. The molecular formula is C18H35IN4O5. The van der Waals surface area contributed by atoms with Gasteiger partial charge in [-0.1, -0.05) is 0 Å². The van der Waals surface area contributed by atoms with Gasteiger partial charge in [-0.25, -0.2) is 4.79 Å². The van der Waals surface area contributed by atoms with Gasteiger partial charge in [0, 0.05) is 20.1 Å². The number of amides is 1. The number of esters is 1. The molecule has 0 saturated carbocycles. The summed E-state index contributed by atoms with van der Waals surface area (Å²) in [4.78, 5) is 29.7. The fraction of sp³-hybridized carbons (Fsp3) is 0.833. The topological polar surface area (TPSA) is 101 Å². The average molecular weight is 514 g/mol. The standard InChI is InChI=1S/C18H34N4O5.HI/c1-12-13(11-21-15(19-7)20-10-9-14(23)25-8)22(18(5,6)26-12)16(24)27-17(2,3)4;/h12-13H,9-11H2,1-8H3,(H2,19,20,21);1H. The summed E-state index contributed by atoms with van der Waals surface area (Å²) in [5.74, 6) is 0.230. The largest absolute Gasteiger partial charge is 0.469 e. The Balaban J connectivity index is 0.00000729. The minimum absolute atomic E-state index is 0. The maximum absolute atomic E-state index is 12.7. The number of guanidine groups is 1. The molecule has 10 heteroatoms. The molecule has 0 spiro atoms. The van der Waals surface area contributed by atoms with E-state index in [9.17, 15) is 9.59 Å². The van der Waals surface area contributed by atoms with Crippen LogP contribution in [0.2, 0.25) is 0 Å². The van der Waals surface area contributed by atoms with E-state index >= 15 is 0 Å². The van der Waals surface area contributed by atoms with Gasteiger partial charge in [-0.2, -0.15) is 0 Å². The minimum atomic E-state index is -0.782. The van der Waals surface area contributed by atoms with E-state index in [2.05, 4.69) is 20.4 Å². The van der Waals surface area contributed by atoms with Crippen LogP contribution >= 0.6 is 24.0 Å². The molecule has 0 radical (unpaired) electrons. The first-order valence-corrected chi connectivity index (χ1v) is 9.12. The Labute approximate surface area is 184 Å². The second-order valence-corrected chi connectivity index (χ2v) is 7.89. The Morgan fingerprint density at radius 2 is 1.86 bits per heavy atom. The van der Waals surface area contributed by atoms with Gasteiger partial charge < -0.3 is 24.8 Å². The summed E-state index contributed by atoms with van der Waals surface area (Å²) in [5.41, 5.74) is -1.38. The van der Waals surface area contributed by atoms with E-state index in [0.717, 1.165) is 0 Å². The summed E-state index contributed by atoms with van der Waals surface area (Å²) in [5, 5.41) is 6.22. The fourth-order valence-corrected chi connectivity index (χ4v) is 2.93. The molecule has 1 aliphatic heterocycles. The molecule has 0 bridgehead atoms. The predicted octanol–water partition coefficient (Wildman–Crippen LogP) is 2.09. The molecule has 0 aromatic heterocycles. The molecule has 1 amide bonds. The van der Waals surface area contributed by atoms with E-state index in [1.54, 1.807) is 11.9 Å². The number of hydrogen-bond acceptors (Lipinski definition) is 6. The summed E-state index contributed by atoms with van der Waals surface area (Å²) < 4.78 is 16.1. The predicted molar refractivity (Wildman–Crippen MR) is 118 cm³/mol. The first-order valence-electron chi connectivity index (χ1n) is 9.12. The fourth-order valence-electron chi connectivity index (χ4n) is 2.93. The van der Waals surface area contributed by atoms with Gasteiger partial charge in [0.05, 0.1) is 25.7 Å². The van der Waals surface area contributed by atoms with Crippen LogP contribution in [-0.2, 0) is 19.0 Å². The molecule has 164 valence electrons. The van der Waals surface area contributed by atoms with Crippen molar-refractivity contribution in [3.8, 4) is 0 Å². The lowest BCUT2D eigenvalue weighted by Crippen LogP contribution is -2.54. The molecule has 1 heterocycles. The molecule has 2 atom stereocenters. The monoisotopic (exact) mass is 514 g/mol. The summed E-state index contributed by atoms with van der Waals surface area (Å²) >= 11 is 0. The number of nitrogens with zero attached hydrogens (tertiary/aromatic N) is 2. The van der Waals surface area contributed by atoms with E-state index in [0.29, 0.717) is 19.0 Å². The van der Waals surface area contributed by atoms with Gasteiger partial charge >= 0.3 is 12.1 Å². The van der Waals surface area contributed by atoms with Gasteiger partial charge in [-0.15, -0.1) is 24.0 Å². The number of aliphatic imine (C=N–C) groups is 1. The normalized spacial score (nSPS) is 21.6. The average Bonchev–Trinajstić information content (AvgIpc) is 2.76. The lowest BCUT2D eigenvalue weighted by atomic mass is 10.1. The van der Waals surface area contributed by atoms with Crippen LogP contribution in [0, 0.1) is 0 Å². The molecule has 28 heavy (non-hydrogen) atoms. The molecular weight excluding hydrogens is 479 g/mol. The maximum Gasteiger partial charge on any atom is 0.412 e. The number of ether oxygens (including phenoxy) is 3. The van der Waals surface area contributed by atoms with Crippen molar-refractivity contribution in [1.29, 1.82) is 0 Å². The van der Waals surface area contributed by atoms with Gasteiger partial charge in [0.1, 0.15) is 11.3 Å². The van der Waals surface area contributed by atoms with Gasteiger partial charge in [-0.3, -0.25) is 14.7 Å². The molecule has 0 aromatic rings. The number of carbonyl (C=O) groups is 2. The molecule has 2 unspecified atom stereocenters. The van der Waals surface area contributed by atoms with Crippen LogP contribution in [0.15, 0.2) is 4.99 Å². The van der Waals surface area contributed by atoms with E-state index in [4.69, 9.17) is 9.47 Å². The van der Waals surface area contributed by atoms with Crippen LogP contribution in [0.4, 0.5) is 4.79 Å². The Bertz CT molecular complexity index is 563. The lowest BCUT2D eigenvalue weighted by molar-refractivity contribution is -0.140.